The molecule has 0 bridgehead atoms. The molecule has 0 aliphatic carbocycles. The Morgan fingerprint density at radius 2 is 2.15 bits per heavy atom. The Bertz CT molecular complexity index is 463. The Labute approximate surface area is 118 Å². The molecule has 1 atom stereocenters. The minimum Gasteiger partial charge on any atom is -0.492 e. The van der Waals surface area contributed by atoms with Crippen LogP contribution in [0.1, 0.15) is 19.8 Å². The largest absolute Gasteiger partial charge is 0.492 e. The minimum absolute atomic E-state index is 0.286. The number of aliphatic carboxylic acids is 1. The van der Waals surface area contributed by atoms with Crippen molar-refractivity contribution < 1.29 is 19.0 Å². The van der Waals surface area contributed by atoms with Gasteiger partial charge in [0.25, 0.3) is 0 Å². The number of nitrogens with zero attached hydrogens (tertiary/aromatic N) is 1. The molecule has 1 heterocycles. The zero-order valence-corrected chi connectivity index (χ0v) is 11.6. The monoisotopic (exact) mass is 281 g/mol. The molecule has 1 unspecified atom stereocenters. The Balaban J connectivity index is 1.78. The topological polar surface area (TPSA) is 49.8 Å². The van der Waals surface area contributed by atoms with Gasteiger partial charge in [0.05, 0.1) is 5.41 Å². The van der Waals surface area contributed by atoms with Crippen LogP contribution in [0.5, 0.6) is 5.75 Å². The molecule has 1 aromatic rings. The second-order valence-electron chi connectivity index (χ2n) is 5.27. The SMILES string of the molecule is CCC1(C(=O)O)CCN(CCOc2ccc(F)cc2)C1. The quantitative estimate of drug-likeness (QED) is 0.870. The van der Waals surface area contributed by atoms with Crippen molar-refractivity contribution >= 4 is 5.97 Å². The van der Waals surface area contributed by atoms with Gasteiger partial charge in [-0.05, 0) is 43.7 Å². The fraction of sp³-hybridized carbons (Fsp3) is 0.533. The van der Waals surface area contributed by atoms with E-state index < -0.39 is 11.4 Å². The summed E-state index contributed by atoms with van der Waals surface area (Å²) >= 11 is 0. The van der Waals surface area contributed by atoms with Gasteiger partial charge in [-0.25, -0.2) is 4.39 Å². The van der Waals surface area contributed by atoms with Crippen LogP contribution in [-0.2, 0) is 4.79 Å². The zero-order valence-electron chi connectivity index (χ0n) is 11.6. The molecule has 0 saturated carbocycles. The lowest BCUT2D eigenvalue weighted by atomic mass is 9.84. The van der Waals surface area contributed by atoms with Gasteiger partial charge in [0.15, 0.2) is 0 Å². The number of benzene rings is 1. The highest BCUT2D eigenvalue weighted by atomic mass is 19.1. The van der Waals surface area contributed by atoms with Crippen molar-refractivity contribution in [1.82, 2.24) is 4.90 Å². The normalized spacial score (nSPS) is 22.9. The maximum Gasteiger partial charge on any atom is 0.310 e. The summed E-state index contributed by atoms with van der Waals surface area (Å²) in [5.41, 5.74) is -0.601. The van der Waals surface area contributed by atoms with Crippen molar-refractivity contribution in [2.75, 3.05) is 26.2 Å². The van der Waals surface area contributed by atoms with Crippen molar-refractivity contribution in [1.29, 1.82) is 0 Å². The Kier molecular flexibility index (Phi) is 4.60. The number of carboxylic acid groups (broad SMARTS) is 1. The predicted molar refractivity (Wildman–Crippen MR) is 73.3 cm³/mol. The molecular formula is C15H20FNO3. The summed E-state index contributed by atoms with van der Waals surface area (Å²) in [4.78, 5) is 13.4. The highest BCUT2D eigenvalue weighted by molar-refractivity contribution is 5.75. The summed E-state index contributed by atoms with van der Waals surface area (Å²) in [6.07, 6.45) is 1.34. The van der Waals surface area contributed by atoms with Crippen LogP contribution in [0.4, 0.5) is 4.39 Å². The van der Waals surface area contributed by atoms with Gasteiger partial charge in [-0.15, -0.1) is 0 Å². The first-order valence-corrected chi connectivity index (χ1v) is 6.90. The molecule has 1 aliphatic heterocycles. The number of ether oxygens (including phenoxy) is 1. The molecule has 20 heavy (non-hydrogen) atoms. The lowest BCUT2D eigenvalue weighted by Crippen LogP contribution is -2.35. The van der Waals surface area contributed by atoms with E-state index in [4.69, 9.17) is 4.74 Å². The van der Waals surface area contributed by atoms with Crippen LogP contribution in [0.25, 0.3) is 0 Å². The molecule has 0 amide bonds. The van der Waals surface area contributed by atoms with Crippen LogP contribution < -0.4 is 4.74 Å². The van der Waals surface area contributed by atoms with E-state index in [1.54, 1.807) is 12.1 Å². The number of rotatable bonds is 6. The molecule has 1 N–H and O–H groups in total. The van der Waals surface area contributed by atoms with Crippen molar-refractivity contribution in [2.24, 2.45) is 5.41 Å². The molecule has 0 aromatic heterocycles. The molecular weight excluding hydrogens is 261 g/mol. The Hall–Kier alpha value is -1.62. The van der Waals surface area contributed by atoms with Crippen LogP contribution in [0.2, 0.25) is 0 Å². The second-order valence-corrected chi connectivity index (χ2v) is 5.27. The lowest BCUT2D eigenvalue weighted by molar-refractivity contribution is -0.148. The van der Waals surface area contributed by atoms with Crippen LogP contribution in [0.15, 0.2) is 24.3 Å². The molecule has 110 valence electrons. The molecule has 4 nitrogen and oxygen atoms in total. The smallest absolute Gasteiger partial charge is 0.310 e. The van der Waals surface area contributed by atoms with E-state index in [1.165, 1.54) is 12.1 Å². The van der Waals surface area contributed by atoms with Crippen molar-refractivity contribution in [3.63, 3.8) is 0 Å². The second kappa shape index (κ2) is 6.22. The van der Waals surface area contributed by atoms with Gasteiger partial charge in [0.2, 0.25) is 0 Å². The minimum atomic E-state index is -0.707. The summed E-state index contributed by atoms with van der Waals surface area (Å²) in [5.74, 6) is -0.362. The third-order valence-corrected chi connectivity index (χ3v) is 4.05. The van der Waals surface area contributed by atoms with Gasteiger partial charge in [-0.1, -0.05) is 6.92 Å². The average Bonchev–Trinajstić information content (AvgIpc) is 2.86. The zero-order chi connectivity index (χ0) is 14.6. The van der Waals surface area contributed by atoms with E-state index in [2.05, 4.69) is 4.90 Å². The van der Waals surface area contributed by atoms with Gasteiger partial charge < -0.3 is 9.84 Å². The number of carboxylic acids is 1. The molecule has 5 heteroatoms. The number of likely N-dealkylation sites (tertiary alicyclic amines) is 1. The van der Waals surface area contributed by atoms with Crippen molar-refractivity contribution in [3.8, 4) is 5.75 Å². The Morgan fingerprint density at radius 3 is 2.70 bits per heavy atom. The highest BCUT2D eigenvalue weighted by Gasteiger charge is 2.42. The third kappa shape index (κ3) is 3.28. The maximum atomic E-state index is 12.7. The third-order valence-electron chi connectivity index (χ3n) is 4.05. The number of carbonyl (C=O) groups is 1. The molecule has 1 fully saturated rings. The van der Waals surface area contributed by atoms with Crippen LogP contribution >= 0.6 is 0 Å². The van der Waals surface area contributed by atoms with E-state index in [0.717, 1.165) is 6.54 Å². The first-order chi connectivity index (χ1) is 9.55. The van der Waals surface area contributed by atoms with Gasteiger partial charge in [0, 0.05) is 13.1 Å². The van der Waals surface area contributed by atoms with Crippen LogP contribution in [-0.4, -0.2) is 42.2 Å². The van der Waals surface area contributed by atoms with E-state index in [1.807, 2.05) is 6.92 Å². The molecule has 1 aliphatic rings. The first-order valence-electron chi connectivity index (χ1n) is 6.90. The first kappa shape index (κ1) is 14.8. The fourth-order valence-electron chi connectivity index (χ4n) is 2.59. The summed E-state index contributed by atoms with van der Waals surface area (Å²) in [5, 5.41) is 9.32. The van der Waals surface area contributed by atoms with Gasteiger partial charge in [0.1, 0.15) is 18.2 Å². The molecule has 0 radical (unpaired) electrons. The van der Waals surface area contributed by atoms with E-state index in [9.17, 15) is 14.3 Å². The number of hydrogen-bond donors (Lipinski definition) is 1. The lowest BCUT2D eigenvalue weighted by Gasteiger charge is -2.23. The standard InChI is InChI=1S/C15H20FNO3/c1-2-15(14(18)19)7-8-17(11-15)9-10-20-13-5-3-12(16)4-6-13/h3-6H,2,7-11H2,1H3,(H,18,19). The van der Waals surface area contributed by atoms with Crippen LogP contribution in [0, 0.1) is 11.2 Å². The fourth-order valence-corrected chi connectivity index (χ4v) is 2.59. The van der Waals surface area contributed by atoms with Gasteiger partial charge >= 0.3 is 5.97 Å². The number of halogens is 1. The number of hydrogen-bond acceptors (Lipinski definition) is 3. The highest BCUT2D eigenvalue weighted by Crippen LogP contribution is 2.33. The molecule has 2 rings (SSSR count). The summed E-state index contributed by atoms with van der Waals surface area (Å²) in [6.45, 7) is 4.45. The molecule has 0 spiro atoms. The van der Waals surface area contributed by atoms with E-state index in [-0.39, 0.29) is 5.82 Å². The maximum absolute atomic E-state index is 12.7. The van der Waals surface area contributed by atoms with Crippen molar-refractivity contribution in [3.05, 3.63) is 30.1 Å². The van der Waals surface area contributed by atoms with Crippen molar-refractivity contribution in [2.45, 2.75) is 19.8 Å². The summed E-state index contributed by atoms with van der Waals surface area (Å²) in [7, 11) is 0. The molecule has 1 aromatic carbocycles. The predicted octanol–water partition coefficient (Wildman–Crippen LogP) is 2.39. The van der Waals surface area contributed by atoms with Gasteiger partial charge in [-0.2, -0.15) is 0 Å². The molecule has 1 saturated heterocycles. The van der Waals surface area contributed by atoms with Gasteiger partial charge in [-0.3, -0.25) is 9.69 Å². The Morgan fingerprint density at radius 1 is 1.45 bits per heavy atom. The summed E-state index contributed by atoms with van der Waals surface area (Å²) < 4.78 is 18.3. The summed E-state index contributed by atoms with van der Waals surface area (Å²) in [6, 6.07) is 5.90. The van der Waals surface area contributed by atoms with E-state index >= 15 is 0 Å². The van der Waals surface area contributed by atoms with Crippen LogP contribution in [0.3, 0.4) is 0 Å². The van der Waals surface area contributed by atoms with E-state index in [0.29, 0.717) is 38.3 Å². The average molecular weight is 281 g/mol.